The van der Waals surface area contributed by atoms with Crippen LogP contribution in [-0.2, 0) is 0 Å². The number of hydrogen-bond acceptors (Lipinski definition) is 4. The van der Waals surface area contributed by atoms with Gasteiger partial charge in [-0.2, -0.15) is 5.10 Å². The van der Waals surface area contributed by atoms with Crippen LogP contribution in [0.25, 0.3) is 16.9 Å². The Balaban J connectivity index is 1.73. The lowest BCUT2D eigenvalue weighted by Crippen LogP contribution is -2.14. The highest BCUT2D eigenvalue weighted by Crippen LogP contribution is 2.24. The molecule has 0 saturated heterocycles. The van der Waals surface area contributed by atoms with E-state index in [-0.39, 0.29) is 11.5 Å². The Kier molecular flexibility index (Phi) is 4.82. The lowest BCUT2D eigenvalue weighted by Gasteiger charge is -2.07. The number of benzene rings is 1. The molecule has 138 valence electrons. The summed E-state index contributed by atoms with van der Waals surface area (Å²) in [6.07, 6.45) is 4.76. The minimum absolute atomic E-state index is 0.180. The van der Waals surface area contributed by atoms with Gasteiger partial charge in [0.15, 0.2) is 5.69 Å². The van der Waals surface area contributed by atoms with Crippen LogP contribution in [0.1, 0.15) is 10.5 Å². The van der Waals surface area contributed by atoms with E-state index in [0.29, 0.717) is 22.2 Å². The Labute approximate surface area is 164 Å². The van der Waals surface area contributed by atoms with Gasteiger partial charge in [0, 0.05) is 24.2 Å². The second-order valence-corrected chi connectivity index (χ2v) is 6.30. The lowest BCUT2D eigenvalue weighted by molar-refractivity contribution is 0.102. The molecule has 0 aliphatic heterocycles. The predicted octanol–water partition coefficient (Wildman–Crippen LogP) is 4.37. The van der Waals surface area contributed by atoms with Crippen LogP contribution in [0.2, 0.25) is 5.02 Å². The molecular weight excluding hydrogens is 381 g/mol. The van der Waals surface area contributed by atoms with Crippen molar-refractivity contribution in [2.75, 3.05) is 5.32 Å². The van der Waals surface area contributed by atoms with Crippen LogP contribution >= 0.6 is 11.6 Å². The molecule has 3 heterocycles. The van der Waals surface area contributed by atoms with Crippen molar-refractivity contribution in [1.29, 1.82) is 0 Å². The Morgan fingerprint density at radius 1 is 1.07 bits per heavy atom. The van der Waals surface area contributed by atoms with Gasteiger partial charge in [-0.25, -0.2) is 14.1 Å². The summed E-state index contributed by atoms with van der Waals surface area (Å²) in [5, 5.41) is 7.55. The quantitative estimate of drug-likeness (QED) is 0.558. The fourth-order valence-electron chi connectivity index (χ4n) is 2.62. The molecule has 0 aliphatic carbocycles. The van der Waals surface area contributed by atoms with E-state index >= 15 is 0 Å². The molecule has 0 spiro atoms. The molecule has 6 nitrogen and oxygen atoms in total. The first kappa shape index (κ1) is 17.8. The molecule has 1 N–H and O–H groups in total. The maximum absolute atomic E-state index is 13.3. The molecule has 0 atom stereocenters. The van der Waals surface area contributed by atoms with E-state index in [1.165, 1.54) is 18.3 Å². The molecule has 0 saturated carbocycles. The average Bonchev–Trinajstić information content (AvgIpc) is 3.16. The number of hydrogen-bond donors (Lipinski definition) is 1. The zero-order valence-electron chi connectivity index (χ0n) is 14.4. The Morgan fingerprint density at radius 2 is 1.89 bits per heavy atom. The molecule has 3 aromatic heterocycles. The first-order chi connectivity index (χ1) is 13.6. The normalized spacial score (nSPS) is 10.6. The van der Waals surface area contributed by atoms with Crippen molar-refractivity contribution in [1.82, 2.24) is 19.7 Å². The molecule has 1 aromatic carbocycles. The summed E-state index contributed by atoms with van der Waals surface area (Å²) in [7, 11) is 0. The lowest BCUT2D eigenvalue weighted by atomic mass is 10.2. The third-order valence-electron chi connectivity index (χ3n) is 3.94. The van der Waals surface area contributed by atoms with Gasteiger partial charge >= 0.3 is 0 Å². The van der Waals surface area contributed by atoms with Gasteiger partial charge < -0.3 is 5.32 Å². The third-order valence-corrected chi connectivity index (χ3v) is 4.16. The fraction of sp³-hybridized carbons (Fsp3) is 0. The molecule has 4 aromatic rings. The Bertz CT molecular complexity index is 1110. The number of amides is 1. The number of pyridine rings is 2. The van der Waals surface area contributed by atoms with Crippen LogP contribution in [0, 0.1) is 5.82 Å². The molecule has 8 heteroatoms. The number of nitrogens with one attached hydrogen (secondary N) is 1. The summed E-state index contributed by atoms with van der Waals surface area (Å²) in [5.74, 6) is -0.430. The van der Waals surface area contributed by atoms with Crippen molar-refractivity contribution in [3.63, 3.8) is 0 Å². The van der Waals surface area contributed by atoms with Crippen molar-refractivity contribution in [3.05, 3.63) is 89.7 Å². The van der Waals surface area contributed by atoms with Gasteiger partial charge in [0.25, 0.3) is 5.91 Å². The highest BCUT2D eigenvalue weighted by molar-refractivity contribution is 6.30. The van der Waals surface area contributed by atoms with Crippen LogP contribution < -0.4 is 5.32 Å². The van der Waals surface area contributed by atoms with E-state index in [4.69, 9.17) is 11.6 Å². The van der Waals surface area contributed by atoms with E-state index in [9.17, 15) is 9.18 Å². The number of carbonyl (C=O) groups is 1. The zero-order valence-corrected chi connectivity index (χ0v) is 15.1. The van der Waals surface area contributed by atoms with E-state index in [0.717, 1.165) is 5.56 Å². The molecule has 4 rings (SSSR count). The van der Waals surface area contributed by atoms with Crippen molar-refractivity contribution >= 4 is 23.3 Å². The second kappa shape index (κ2) is 7.58. The second-order valence-electron chi connectivity index (χ2n) is 5.86. The van der Waals surface area contributed by atoms with E-state index < -0.39 is 5.91 Å². The first-order valence-electron chi connectivity index (χ1n) is 8.29. The first-order valence-corrected chi connectivity index (χ1v) is 8.67. The summed E-state index contributed by atoms with van der Waals surface area (Å²) in [5.41, 5.74) is 2.21. The van der Waals surface area contributed by atoms with Crippen molar-refractivity contribution in [3.8, 4) is 16.9 Å². The number of nitrogens with zero attached hydrogens (tertiary/aromatic N) is 4. The number of anilines is 1. The van der Waals surface area contributed by atoms with Gasteiger partial charge in [-0.15, -0.1) is 0 Å². The van der Waals surface area contributed by atoms with Gasteiger partial charge in [0.2, 0.25) is 0 Å². The molecule has 0 fully saturated rings. The number of halogens is 2. The summed E-state index contributed by atoms with van der Waals surface area (Å²) in [6.45, 7) is 0. The summed E-state index contributed by atoms with van der Waals surface area (Å²) in [6, 6.07) is 14.4. The summed E-state index contributed by atoms with van der Waals surface area (Å²) < 4.78 is 14.9. The average molecular weight is 394 g/mol. The molecule has 0 unspecified atom stereocenters. The molecule has 28 heavy (non-hydrogen) atoms. The third kappa shape index (κ3) is 3.74. The number of aromatic nitrogens is 4. The Morgan fingerprint density at radius 3 is 2.57 bits per heavy atom. The van der Waals surface area contributed by atoms with E-state index in [1.54, 1.807) is 53.5 Å². The van der Waals surface area contributed by atoms with E-state index in [2.05, 4.69) is 20.4 Å². The highest BCUT2D eigenvalue weighted by Gasteiger charge is 2.17. The van der Waals surface area contributed by atoms with Crippen LogP contribution in [-0.4, -0.2) is 25.7 Å². The molecule has 0 aliphatic rings. The maximum atomic E-state index is 13.3. The van der Waals surface area contributed by atoms with Gasteiger partial charge in [-0.1, -0.05) is 11.6 Å². The predicted molar refractivity (Wildman–Crippen MR) is 104 cm³/mol. The summed E-state index contributed by atoms with van der Waals surface area (Å²) >= 11 is 5.81. The van der Waals surface area contributed by atoms with Crippen LogP contribution in [0.15, 0.2) is 73.2 Å². The SMILES string of the molecule is O=C(Nc1ccc(Cl)cn1)c1cc(-c2cccnc2)n(-c2ccc(F)cc2)n1. The summed E-state index contributed by atoms with van der Waals surface area (Å²) in [4.78, 5) is 20.8. The van der Waals surface area contributed by atoms with Gasteiger partial charge in [-0.3, -0.25) is 9.78 Å². The highest BCUT2D eigenvalue weighted by atomic mass is 35.5. The van der Waals surface area contributed by atoms with Crippen molar-refractivity contribution in [2.24, 2.45) is 0 Å². The monoisotopic (exact) mass is 393 g/mol. The largest absolute Gasteiger partial charge is 0.305 e. The Hall–Kier alpha value is -3.58. The van der Waals surface area contributed by atoms with Gasteiger partial charge in [-0.05, 0) is 54.6 Å². The van der Waals surface area contributed by atoms with E-state index in [1.807, 2.05) is 6.07 Å². The molecule has 1 amide bonds. The van der Waals surface area contributed by atoms with Crippen molar-refractivity contribution < 1.29 is 9.18 Å². The molecular formula is C20H13ClFN5O. The van der Waals surface area contributed by atoms with Crippen LogP contribution in [0.3, 0.4) is 0 Å². The van der Waals surface area contributed by atoms with Gasteiger partial charge in [0.1, 0.15) is 11.6 Å². The molecule has 0 bridgehead atoms. The van der Waals surface area contributed by atoms with Crippen LogP contribution in [0.5, 0.6) is 0 Å². The standard InChI is InChI=1S/C20H13ClFN5O/c21-14-3-8-19(24-12-14)25-20(28)17-10-18(13-2-1-9-23-11-13)27(26-17)16-6-4-15(22)5-7-16/h1-12H,(H,24,25,28). The minimum atomic E-state index is -0.430. The maximum Gasteiger partial charge on any atom is 0.277 e. The number of rotatable bonds is 4. The van der Waals surface area contributed by atoms with Gasteiger partial charge in [0.05, 0.1) is 16.4 Å². The topological polar surface area (TPSA) is 72.7 Å². The molecule has 0 radical (unpaired) electrons. The zero-order chi connectivity index (χ0) is 19.5. The van der Waals surface area contributed by atoms with Crippen LogP contribution in [0.4, 0.5) is 10.2 Å². The number of carbonyl (C=O) groups excluding carboxylic acids is 1. The fourth-order valence-corrected chi connectivity index (χ4v) is 2.73. The minimum Gasteiger partial charge on any atom is -0.305 e. The van der Waals surface area contributed by atoms with Crippen molar-refractivity contribution in [2.45, 2.75) is 0 Å². The smallest absolute Gasteiger partial charge is 0.277 e.